The highest BCUT2D eigenvalue weighted by Gasteiger charge is 2.58. The van der Waals surface area contributed by atoms with Crippen molar-refractivity contribution in [2.24, 2.45) is 0 Å². The van der Waals surface area contributed by atoms with Gasteiger partial charge in [0.25, 0.3) is 5.91 Å². The topological polar surface area (TPSA) is 55.8 Å². The maximum Gasteiger partial charge on any atom is 0.417 e. The van der Waals surface area contributed by atoms with Crippen molar-refractivity contribution in [2.75, 3.05) is 6.67 Å². The smallest absolute Gasteiger partial charge is 0.417 e. The second kappa shape index (κ2) is 7.74. The average molecular weight is 376 g/mol. The molecule has 5 nitrogen and oxygen atoms in total. The summed E-state index contributed by atoms with van der Waals surface area (Å²) < 4.78 is 25.2. The second-order valence-electron chi connectivity index (χ2n) is 8.77. The number of hydrogen-bond acceptors (Lipinski definition) is 4. The zero-order chi connectivity index (χ0) is 19.7. The van der Waals surface area contributed by atoms with Gasteiger partial charge in [-0.3, -0.25) is 4.79 Å². The first-order chi connectivity index (χ1) is 11.3. The molecule has 7 heteroatoms. The van der Waals surface area contributed by atoms with Gasteiger partial charge in [0, 0.05) is 0 Å². The van der Waals surface area contributed by atoms with Crippen molar-refractivity contribution in [1.82, 2.24) is 4.90 Å². The first kappa shape index (κ1) is 22.1. The van der Waals surface area contributed by atoms with Crippen molar-refractivity contribution >= 4 is 20.3 Å². The Morgan fingerprint density at radius 2 is 1.56 bits per heavy atom. The van der Waals surface area contributed by atoms with Crippen molar-refractivity contribution in [3.8, 4) is 0 Å². The molecular weight excluding hydrogens is 341 g/mol. The van der Waals surface area contributed by atoms with Crippen molar-refractivity contribution < 1.29 is 23.1 Å². The summed E-state index contributed by atoms with van der Waals surface area (Å²) in [5.41, 5.74) is 0.0830. The van der Waals surface area contributed by atoms with Crippen LogP contribution in [0.25, 0.3) is 0 Å². The number of imide groups is 1. The van der Waals surface area contributed by atoms with Gasteiger partial charge in [0.05, 0.1) is 0 Å². The highest BCUT2D eigenvalue weighted by molar-refractivity contribution is 6.77. The lowest BCUT2D eigenvalue weighted by Gasteiger charge is -2.51. The van der Waals surface area contributed by atoms with Crippen LogP contribution in [0.15, 0.2) is 0 Å². The maximum atomic E-state index is 13.6. The molecule has 0 saturated carbocycles. The van der Waals surface area contributed by atoms with E-state index in [-0.39, 0.29) is 16.6 Å². The van der Waals surface area contributed by atoms with Gasteiger partial charge in [-0.05, 0) is 37.4 Å². The standard InChI is InChI=1S/C18H34FNO4Si/c1-11(2)25(12(3)4,13(5)6)24-15-14(10-19)20(16(15)21)17(22)23-18(7,8)9/h11-15H,10H2,1-9H3/t14-,15+/m0/s1. The van der Waals surface area contributed by atoms with Gasteiger partial charge >= 0.3 is 6.09 Å². The van der Waals surface area contributed by atoms with Crippen LogP contribution in [0.1, 0.15) is 62.3 Å². The van der Waals surface area contributed by atoms with Crippen LogP contribution < -0.4 is 0 Å². The van der Waals surface area contributed by atoms with Crippen LogP contribution in [-0.2, 0) is 14.0 Å². The second-order valence-corrected chi connectivity index (χ2v) is 14.2. The molecular formula is C18H34FNO4Si. The van der Waals surface area contributed by atoms with E-state index in [2.05, 4.69) is 41.5 Å². The molecule has 2 amide bonds. The Balaban J connectivity index is 3.04. The van der Waals surface area contributed by atoms with Gasteiger partial charge in [-0.1, -0.05) is 41.5 Å². The summed E-state index contributed by atoms with van der Waals surface area (Å²) in [6, 6.07) is -0.898. The van der Waals surface area contributed by atoms with E-state index in [1.165, 1.54) is 0 Å². The third-order valence-electron chi connectivity index (χ3n) is 4.95. The minimum atomic E-state index is -2.34. The minimum Gasteiger partial charge on any atom is -0.443 e. The summed E-state index contributed by atoms with van der Waals surface area (Å²) in [7, 11) is -2.34. The molecule has 0 spiro atoms. The normalized spacial score (nSPS) is 22.0. The number of likely N-dealkylation sites (tertiary alicyclic amines) is 1. The Morgan fingerprint density at radius 1 is 1.12 bits per heavy atom. The number of carbonyl (C=O) groups excluding carboxylic acids is 2. The average Bonchev–Trinajstić information content (AvgIpc) is 2.41. The van der Waals surface area contributed by atoms with E-state index in [0.29, 0.717) is 0 Å². The number of rotatable bonds is 6. The molecule has 0 bridgehead atoms. The Labute approximate surface area is 152 Å². The Bertz CT molecular complexity index is 480. The molecule has 1 heterocycles. The quantitative estimate of drug-likeness (QED) is 0.500. The lowest BCUT2D eigenvalue weighted by molar-refractivity contribution is -0.163. The molecule has 1 aliphatic rings. The van der Waals surface area contributed by atoms with Crippen molar-refractivity contribution in [3.63, 3.8) is 0 Å². The van der Waals surface area contributed by atoms with Gasteiger partial charge in [-0.15, -0.1) is 0 Å². The van der Waals surface area contributed by atoms with Crippen molar-refractivity contribution in [3.05, 3.63) is 0 Å². The maximum absolute atomic E-state index is 13.6. The molecule has 1 aliphatic heterocycles. The lowest BCUT2D eigenvalue weighted by atomic mass is 10.0. The van der Waals surface area contributed by atoms with Crippen LogP contribution in [0.4, 0.5) is 9.18 Å². The first-order valence-corrected chi connectivity index (χ1v) is 11.2. The molecule has 0 aliphatic carbocycles. The highest BCUT2D eigenvalue weighted by Crippen LogP contribution is 2.45. The van der Waals surface area contributed by atoms with Crippen LogP contribution in [0.2, 0.25) is 16.6 Å². The Hall–Kier alpha value is -0.953. The fraction of sp³-hybridized carbons (Fsp3) is 0.889. The number of nitrogens with zero attached hydrogens (tertiary/aromatic N) is 1. The summed E-state index contributed by atoms with van der Waals surface area (Å²) in [4.78, 5) is 25.6. The minimum absolute atomic E-state index is 0.274. The number of β-lactam (4-membered cyclic amide) rings is 1. The van der Waals surface area contributed by atoms with Gasteiger partial charge in [0.15, 0.2) is 0 Å². The van der Waals surface area contributed by atoms with Gasteiger partial charge < -0.3 is 9.16 Å². The fourth-order valence-electron chi connectivity index (χ4n) is 3.96. The molecule has 0 aromatic heterocycles. The molecule has 25 heavy (non-hydrogen) atoms. The molecule has 1 rings (SSSR count). The largest absolute Gasteiger partial charge is 0.443 e. The van der Waals surface area contributed by atoms with Crippen LogP contribution in [0.5, 0.6) is 0 Å². The van der Waals surface area contributed by atoms with Gasteiger partial charge in [-0.2, -0.15) is 0 Å². The van der Waals surface area contributed by atoms with Crippen LogP contribution in [0.3, 0.4) is 0 Å². The number of ether oxygens (including phenoxy) is 1. The van der Waals surface area contributed by atoms with Gasteiger partial charge in [0.2, 0.25) is 8.32 Å². The molecule has 1 fully saturated rings. The number of carbonyl (C=O) groups is 2. The SMILES string of the molecule is CC(C)[Si](O[C@H]1C(=O)N(C(=O)OC(C)(C)C)[C@H]1CF)(C(C)C)C(C)C. The molecule has 0 radical (unpaired) electrons. The van der Waals surface area contributed by atoms with Gasteiger partial charge in [0.1, 0.15) is 24.4 Å². The van der Waals surface area contributed by atoms with Crippen LogP contribution in [-0.4, -0.2) is 49.6 Å². The van der Waals surface area contributed by atoms with Gasteiger partial charge in [-0.25, -0.2) is 14.1 Å². The highest BCUT2D eigenvalue weighted by atomic mass is 28.4. The predicted molar refractivity (Wildman–Crippen MR) is 98.8 cm³/mol. The zero-order valence-corrected chi connectivity index (χ0v) is 18.1. The third kappa shape index (κ3) is 4.24. The van der Waals surface area contributed by atoms with Crippen LogP contribution >= 0.6 is 0 Å². The molecule has 0 N–H and O–H groups in total. The Kier molecular flexibility index (Phi) is 6.84. The molecule has 0 unspecified atom stereocenters. The molecule has 0 aromatic rings. The van der Waals surface area contributed by atoms with Crippen LogP contribution in [0, 0.1) is 0 Å². The van der Waals surface area contributed by atoms with E-state index >= 15 is 0 Å². The van der Waals surface area contributed by atoms with Crippen molar-refractivity contribution in [2.45, 2.75) is 96.7 Å². The summed E-state index contributed by atoms with van der Waals surface area (Å²) in [6.45, 7) is 16.9. The first-order valence-electron chi connectivity index (χ1n) is 9.09. The van der Waals surface area contributed by atoms with E-state index in [1.807, 2.05) is 0 Å². The summed E-state index contributed by atoms with van der Waals surface area (Å²) >= 11 is 0. The lowest BCUT2D eigenvalue weighted by Crippen LogP contribution is -2.71. The van der Waals surface area contributed by atoms with Crippen molar-refractivity contribution in [1.29, 1.82) is 0 Å². The number of halogens is 1. The van der Waals surface area contributed by atoms with E-state index in [4.69, 9.17) is 9.16 Å². The monoisotopic (exact) mass is 375 g/mol. The van der Waals surface area contributed by atoms with E-state index in [0.717, 1.165) is 4.90 Å². The molecule has 146 valence electrons. The molecule has 0 aromatic carbocycles. The molecule has 2 atom stereocenters. The fourth-order valence-corrected chi connectivity index (χ4v) is 9.48. The number of alkyl halides is 1. The summed E-state index contributed by atoms with van der Waals surface area (Å²) in [6.07, 6.45) is -1.69. The van der Waals surface area contributed by atoms with E-state index in [1.54, 1.807) is 20.8 Å². The Morgan fingerprint density at radius 3 is 1.88 bits per heavy atom. The summed E-state index contributed by atoms with van der Waals surface area (Å²) in [5, 5.41) is 0. The molecule has 1 saturated heterocycles. The number of hydrogen-bond donors (Lipinski definition) is 0. The third-order valence-corrected chi connectivity index (χ3v) is 11.0. The number of amides is 2. The van der Waals surface area contributed by atoms with E-state index in [9.17, 15) is 14.0 Å². The van der Waals surface area contributed by atoms with E-state index < -0.39 is 44.7 Å². The zero-order valence-electron chi connectivity index (χ0n) is 17.1. The summed E-state index contributed by atoms with van der Waals surface area (Å²) in [5.74, 6) is -0.490. The predicted octanol–water partition coefficient (Wildman–Crippen LogP) is 4.66.